The van der Waals surface area contributed by atoms with Crippen molar-refractivity contribution in [2.24, 2.45) is 0 Å². The van der Waals surface area contributed by atoms with Crippen LogP contribution in [0.1, 0.15) is 25.1 Å². The summed E-state index contributed by atoms with van der Waals surface area (Å²) in [4.78, 5) is 4.96. The monoisotopic (exact) mass is 296 g/mol. The molecule has 1 N–H and O–H groups in total. The van der Waals surface area contributed by atoms with Crippen LogP contribution in [-0.4, -0.2) is 11.0 Å². The summed E-state index contributed by atoms with van der Waals surface area (Å²) < 4.78 is 14.9. The first-order valence-corrected chi connectivity index (χ1v) is 7.86. The van der Waals surface area contributed by atoms with Gasteiger partial charge in [-0.15, -0.1) is 11.3 Å². The van der Waals surface area contributed by atoms with Gasteiger partial charge in [-0.2, -0.15) is 0 Å². The molecule has 0 radical (unpaired) electrons. The molecule has 2 rings (SSSR count). The Morgan fingerprint density at radius 2 is 2.21 bits per heavy atom. The summed E-state index contributed by atoms with van der Waals surface area (Å²) in [5, 5.41) is 5.25. The fourth-order valence-electron chi connectivity index (χ4n) is 1.53. The van der Waals surface area contributed by atoms with Crippen LogP contribution in [0, 0.1) is 12.7 Å². The summed E-state index contributed by atoms with van der Waals surface area (Å²) >= 11 is 2.92. The summed E-state index contributed by atoms with van der Waals surface area (Å²) in [7, 11) is 0. The zero-order valence-electron chi connectivity index (χ0n) is 11.2. The summed E-state index contributed by atoms with van der Waals surface area (Å²) in [5.41, 5.74) is 1.94. The molecular formula is C14H17FN2S2. The number of rotatable bonds is 5. The van der Waals surface area contributed by atoms with Crippen molar-refractivity contribution in [2.45, 2.75) is 42.6 Å². The fourth-order valence-corrected chi connectivity index (χ4v) is 3.33. The van der Waals surface area contributed by atoms with Crippen LogP contribution in [0.5, 0.6) is 0 Å². The zero-order valence-corrected chi connectivity index (χ0v) is 12.9. The van der Waals surface area contributed by atoms with Gasteiger partial charge >= 0.3 is 0 Å². The Labute approximate surface area is 121 Å². The van der Waals surface area contributed by atoms with E-state index in [2.05, 4.69) is 24.1 Å². The third kappa shape index (κ3) is 4.30. The van der Waals surface area contributed by atoms with E-state index in [1.807, 2.05) is 24.4 Å². The van der Waals surface area contributed by atoms with Crippen molar-refractivity contribution in [3.63, 3.8) is 0 Å². The SMILES string of the molecule is Cc1csc(Sc2ccc(CNC(C)C)cc2F)n1. The van der Waals surface area contributed by atoms with Gasteiger partial charge in [0.25, 0.3) is 0 Å². The van der Waals surface area contributed by atoms with Crippen LogP contribution in [-0.2, 0) is 6.54 Å². The van der Waals surface area contributed by atoms with E-state index < -0.39 is 0 Å². The van der Waals surface area contributed by atoms with Crippen LogP contribution in [0.2, 0.25) is 0 Å². The molecule has 1 heterocycles. The van der Waals surface area contributed by atoms with Gasteiger partial charge in [0.05, 0.1) is 4.90 Å². The first kappa shape index (κ1) is 14.5. The van der Waals surface area contributed by atoms with Crippen molar-refractivity contribution in [1.29, 1.82) is 0 Å². The predicted octanol–water partition coefficient (Wildman–Crippen LogP) is 4.24. The number of aromatic nitrogens is 1. The number of thiazole rings is 1. The molecule has 19 heavy (non-hydrogen) atoms. The number of nitrogens with one attached hydrogen (secondary N) is 1. The second kappa shape index (κ2) is 6.50. The topological polar surface area (TPSA) is 24.9 Å². The third-order valence-corrected chi connectivity index (χ3v) is 4.61. The van der Waals surface area contributed by atoms with Gasteiger partial charge in [0.1, 0.15) is 5.82 Å². The minimum absolute atomic E-state index is 0.180. The highest BCUT2D eigenvalue weighted by molar-refractivity contribution is 8.01. The van der Waals surface area contributed by atoms with Crippen LogP contribution in [0.15, 0.2) is 32.8 Å². The molecule has 0 aliphatic rings. The molecule has 0 fully saturated rings. The van der Waals surface area contributed by atoms with Crippen molar-refractivity contribution in [1.82, 2.24) is 10.3 Å². The molecule has 1 aromatic heterocycles. The number of hydrogen-bond donors (Lipinski definition) is 1. The molecule has 0 aliphatic heterocycles. The molecule has 0 saturated carbocycles. The van der Waals surface area contributed by atoms with Gasteiger partial charge in [0, 0.05) is 23.7 Å². The molecule has 0 unspecified atom stereocenters. The number of aryl methyl sites for hydroxylation is 1. The van der Waals surface area contributed by atoms with Gasteiger partial charge in [-0.3, -0.25) is 0 Å². The van der Waals surface area contributed by atoms with Crippen molar-refractivity contribution in [3.05, 3.63) is 40.7 Å². The molecule has 2 aromatic rings. The molecule has 1 aromatic carbocycles. The Morgan fingerprint density at radius 3 is 2.79 bits per heavy atom. The van der Waals surface area contributed by atoms with Gasteiger partial charge in [-0.1, -0.05) is 31.7 Å². The largest absolute Gasteiger partial charge is 0.310 e. The summed E-state index contributed by atoms with van der Waals surface area (Å²) in [5.74, 6) is -0.180. The summed E-state index contributed by atoms with van der Waals surface area (Å²) in [6, 6.07) is 5.78. The lowest BCUT2D eigenvalue weighted by molar-refractivity contribution is 0.574. The van der Waals surface area contributed by atoms with Crippen LogP contribution in [0.4, 0.5) is 4.39 Å². The van der Waals surface area contributed by atoms with Gasteiger partial charge in [0.2, 0.25) is 0 Å². The minimum atomic E-state index is -0.180. The number of nitrogens with zero attached hydrogens (tertiary/aromatic N) is 1. The second-order valence-electron chi connectivity index (χ2n) is 4.66. The van der Waals surface area contributed by atoms with E-state index in [4.69, 9.17) is 0 Å². The average Bonchev–Trinajstić information content (AvgIpc) is 2.75. The average molecular weight is 296 g/mol. The van der Waals surface area contributed by atoms with E-state index in [-0.39, 0.29) is 5.82 Å². The maximum atomic E-state index is 14.0. The number of halogens is 1. The summed E-state index contributed by atoms with van der Waals surface area (Å²) in [6.07, 6.45) is 0. The van der Waals surface area contributed by atoms with Gasteiger partial charge in [0.15, 0.2) is 4.34 Å². The smallest absolute Gasteiger partial charge is 0.154 e. The standard InChI is InChI=1S/C14H17FN2S2/c1-9(2)16-7-11-4-5-13(12(15)6-11)19-14-17-10(3)8-18-14/h4-6,8-9,16H,7H2,1-3H3. The molecule has 2 nitrogen and oxygen atoms in total. The first-order chi connectivity index (χ1) is 9.04. The van der Waals surface area contributed by atoms with Crippen molar-refractivity contribution >= 4 is 23.1 Å². The van der Waals surface area contributed by atoms with E-state index in [9.17, 15) is 4.39 Å². The maximum Gasteiger partial charge on any atom is 0.154 e. The van der Waals surface area contributed by atoms with E-state index in [1.54, 1.807) is 17.4 Å². The van der Waals surface area contributed by atoms with Crippen LogP contribution in [0.25, 0.3) is 0 Å². The van der Waals surface area contributed by atoms with E-state index in [0.717, 1.165) is 15.6 Å². The number of benzene rings is 1. The van der Waals surface area contributed by atoms with Gasteiger partial charge in [-0.05, 0) is 24.6 Å². The fraction of sp³-hybridized carbons (Fsp3) is 0.357. The minimum Gasteiger partial charge on any atom is -0.310 e. The van der Waals surface area contributed by atoms with E-state index in [1.165, 1.54) is 11.8 Å². The van der Waals surface area contributed by atoms with Crippen molar-refractivity contribution in [2.75, 3.05) is 0 Å². The van der Waals surface area contributed by atoms with Gasteiger partial charge < -0.3 is 5.32 Å². The third-order valence-electron chi connectivity index (χ3n) is 2.51. The lowest BCUT2D eigenvalue weighted by Gasteiger charge is -2.09. The highest BCUT2D eigenvalue weighted by Crippen LogP contribution is 2.32. The van der Waals surface area contributed by atoms with E-state index >= 15 is 0 Å². The Balaban J connectivity index is 2.06. The van der Waals surface area contributed by atoms with E-state index in [0.29, 0.717) is 17.5 Å². The van der Waals surface area contributed by atoms with Crippen LogP contribution in [0.3, 0.4) is 0 Å². The molecule has 0 aliphatic carbocycles. The molecule has 0 bridgehead atoms. The normalized spacial score (nSPS) is 11.2. The second-order valence-corrected chi connectivity index (χ2v) is 6.80. The van der Waals surface area contributed by atoms with Crippen molar-refractivity contribution < 1.29 is 4.39 Å². The first-order valence-electron chi connectivity index (χ1n) is 6.16. The molecule has 0 atom stereocenters. The molecule has 0 saturated heterocycles. The highest BCUT2D eigenvalue weighted by atomic mass is 32.2. The molecule has 0 amide bonds. The molecule has 0 spiro atoms. The highest BCUT2D eigenvalue weighted by Gasteiger charge is 2.08. The summed E-state index contributed by atoms with van der Waals surface area (Å²) in [6.45, 7) is 6.78. The Morgan fingerprint density at radius 1 is 1.42 bits per heavy atom. The Kier molecular flexibility index (Phi) is 4.96. The van der Waals surface area contributed by atoms with Gasteiger partial charge in [-0.25, -0.2) is 9.37 Å². The Hall–Kier alpha value is -0.910. The quantitative estimate of drug-likeness (QED) is 0.893. The molecule has 5 heteroatoms. The lowest BCUT2D eigenvalue weighted by atomic mass is 10.2. The predicted molar refractivity (Wildman–Crippen MR) is 79.3 cm³/mol. The zero-order chi connectivity index (χ0) is 13.8. The maximum absolute atomic E-state index is 14.0. The number of hydrogen-bond acceptors (Lipinski definition) is 4. The Bertz CT molecular complexity index is 552. The van der Waals surface area contributed by atoms with Crippen LogP contribution >= 0.6 is 23.1 Å². The molecular weight excluding hydrogens is 279 g/mol. The lowest BCUT2D eigenvalue weighted by Crippen LogP contribution is -2.21. The van der Waals surface area contributed by atoms with Crippen molar-refractivity contribution in [3.8, 4) is 0 Å². The molecule has 102 valence electrons. The van der Waals surface area contributed by atoms with Crippen LogP contribution < -0.4 is 5.32 Å².